The molecule has 0 bridgehead atoms. The lowest BCUT2D eigenvalue weighted by atomic mass is 9.83. The third-order valence-corrected chi connectivity index (χ3v) is 3.69. The van der Waals surface area contributed by atoms with Crippen molar-refractivity contribution in [3.63, 3.8) is 0 Å². The van der Waals surface area contributed by atoms with E-state index >= 15 is 0 Å². The zero-order chi connectivity index (χ0) is 13.9. The average molecular weight is 247 g/mol. The highest BCUT2D eigenvalue weighted by atomic mass is 14.6. The highest BCUT2D eigenvalue weighted by molar-refractivity contribution is 5.40. The largest absolute Gasteiger partial charge is 0.327 e. The second-order valence-corrected chi connectivity index (χ2v) is 6.59. The molecule has 1 aromatic carbocycles. The third-order valence-electron chi connectivity index (χ3n) is 3.69. The minimum Gasteiger partial charge on any atom is -0.327 e. The summed E-state index contributed by atoms with van der Waals surface area (Å²) in [6, 6.07) is 4.97. The maximum absolute atomic E-state index is 6.18. The lowest BCUT2D eigenvalue weighted by Crippen LogP contribution is -2.23. The molecule has 0 saturated carbocycles. The molecule has 0 unspecified atom stereocenters. The molecule has 1 rings (SSSR count). The molecule has 0 amide bonds. The predicted molar refractivity (Wildman–Crippen MR) is 81.2 cm³/mol. The van der Waals surface area contributed by atoms with Gasteiger partial charge in [-0.05, 0) is 54.4 Å². The van der Waals surface area contributed by atoms with Gasteiger partial charge in [-0.3, -0.25) is 0 Å². The fraction of sp³-hybridized carbons (Fsp3) is 0.647. The Kier molecular flexibility index (Phi) is 4.98. The molecular formula is C17H29N. The molecule has 1 atom stereocenters. The van der Waals surface area contributed by atoms with Gasteiger partial charge in [-0.15, -0.1) is 0 Å². The fourth-order valence-corrected chi connectivity index (χ4v) is 2.48. The Hall–Kier alpha value is -0.820. The highest BCUT2D eigenvalue weighted by Crippen LogP contribution is 2.27. The van der Waals surface area contributed by atoms with E-state index in [1.165, 1.54) is 28.7 Å². The predicted octanol–water partition coefficient (Wildman–Crippen LogP) is 4.27. The number of benzene rings is 1. The number of rotatable bonds is 4. The monoisotopic (exact) mass is 247 g/mol. The van der Waals surface area contributed by atoms with Gasteiger partial charge in [0.05, 0.1) is 0 Å². The van der Waals surface area contributed by atoms with Crippen LogP contribution in [0.15, 0.2) is 12.1 Å². The number of hydrogen-bond donors (Lipinski definition) is 1. The van der Waals surface area contributed by atoms with Gasteiger partial charge < -0.3 is 5.73 Å². The summed E-state index contributed by atoms with van der Waals surface area (Å²) < 4.78 is 0. The van der Waals surface area contributed by atoms with E-state index in [-0.39, 0.29) is 5.41 Å². The van der Waals surface area contributed by atoms with Gasteiger partial charge in [-0.1, -0.05) is 46.2 Å². The quantitative estimate of drug-likeness (QED) is 0.844. The Balaban J connectivity index is 3.02. The van der Waals surface area contributed by atoms with Gasteiger partial charge in [0.15, 0.2) is 0 Å². The van der Waals surface area contributed by atoms with Crippen molar-refractivity contribution in [1.82, 2.24) is 0 Å². The summed E-state index contributed by atoms with van der Waals surface area (Å²) in [6.45, 7) is 13.4. The molecule has 0 fully saturated rings. The zero-order valence-electron chi connectivity index (χ0n) is 12.9. The molecule has 0 aliphatic heterocycles. The topological polar surface area (TPSA) is 26.0 Å². The van der Waals surface area contributed by atoms with Crippen molar-refractivity contribution < 1.29 is 0 Å². The van der Waals surface area contributed by atoms with Gasteiger partial charge >= 0.3 is 0 Å². The molecule has 0 aromatic heterocycles. The van der Waals surface area contributed by atoms with E-state index in [1.807, 2.05) is 0 Å². The van der Waals surface area contributed by atoms with Gasteiger partial charge in [-0.25, -0.2) is 0 Å². The second-order valence-electron chi connectivity index (χ2n) is 6.59. The molecule has 1 aromatic rings. The minimum absolute atomic E-state index is 0.222. The van der Waals surface area contributed by atoms with Crippen molar-refractivity contribution in [2.24, 2.45) is 5.73 Å². The summed E-state index contributed by atoms with van der Waals surface area (Å²) in [5.41, 5.74) is 12.1. The molecule has 0 heterocycles. The SMILES string of the molecule is CCC[C@@H](N)Cc1c(C)cc(C(C)(C)C)cc1C. The molecule has 0 aliphatic rings. The zero-order valence-corrected chi connectivity index (χ0v) is 12.9. The van der Waals surface area contributed by atoms with Crippen molar-refractivity contribution in [3.05, 3.63) is 34.4 Å². The summed E-state index contributed by atoms with van der Waals surface area (Å²) in [5.74, 6) is 0. The smallest absolute Gasteiger partial charge is 0.00794 e. The molecular weight excluding hydrogens is 218 g/mol. The van der Waals surface area contributed by atoms with Crippen LogP contribution in [0.5, 0.6) is 0 Å². The average Bonchev–Trinajstić information content (AvgIpc) is 2.22. The van der Waals surface area contributed by atoms with Crippen LogP contribution in [0, 0.1) is 13.8 Å². The van der Waals surface area contributed by atoms with Crippen molar-refractivity contribution in [2.45, 2.75) is 72.3 Å². The first-order valence-corrected chi connectivity index (χ1v) is 7.12. The minimum atomic E-state index is 0.222. The van der Waals surface area contributed by atoms with E-state index in [0.29, 0.717) is 6.04 Å². The van der Waals surface area contributed by atoms with Crippen LogP contribution in [-0.4, -0.2) is 6.04 Å². The Labute approximate surface area is 113 Å². The maximum Gasteiger partial charge on any atom is 0.00794 e. The normalized spacial score (nSPS) is 13.7. The molecule has 0 radical (unpaired) electrons. The molecule has 0 saturated heterocycles. The van der Waals surface area contributed by atoms with Crippen LogP contribution in [0.1, 0.15) is 62.8 Å². The lowest BCUT2D eigenvalue weighted by molar-refractivity contribution is 0.583. The first kappa shape index (κ1) is 15.2. The van der Waals surface area contributed by atoms with E-state index < -0.39 is 0 Å². The van der Waals surface area contributed by atoms with Gasteiger partial charge in [0.1, 0.15) is 0 Å². The van der Waals surface area contributed by atoms with E-state index in [1.54, 1.807) is 0 Å². The maximum atomic E-state index is 6.18. The van der Waals surface area contributed by atoms with Crippen LogP contribution < -0.4 is 5.73 Å². The fourth-order valence-electron chi connectivity index (χ4n) is 2.48. The molecule has 102 valence electrons. The molecule has 18 heavy (non-hydrogen) atoms. The molecule has 0 spiro atoms. The second kappa shape index (κ2) is 5.88. The third kappa shape index (κ3) is 3.84. The summed E-state index contributed by atoms with van der Waals surface area (Å²) in [6.07, 6.45) is 3.29. The summed E-state index contributed by atoms with van der Waals surface area (Å²) in [4.78, 5) is 0. The van der Waals surface area contributed by atoms with Gasteiger partial charge in [-0.2, -0.15) is 0 Å². The van der Waals surface area contributed by atoms with E-state index in [2.05, 4.69) is 53.7 Å². The van der Waals surface area contributed by atoms with Gasteiger partial charge in [0.2, 0.25) is 0 Å². The summed E-state index contributed by atoms with van der Waals surface area (Å²) in [7, 11) is 0. The molecule has 1 heteroatoms. The van der Waals surface area contributed by atoms with Crippen molar-refractivity contribution in [2.75, 3.05) is 0 Å². The summed E-state index contributed by atoms with van der Waals surface area (Å²) >= 11 is 0. The number of nitrogens with two attached hydrogens (primary N) is 1. The van der Waals surface area contributed by atoms with E-state index in [0.717, 1.165) is 12.8 Å². The van der Waals surface area contributed by atoms with E-state index in [9.17, 15) is 0 Å². The first-order valence-electron chi connectivity index (χ1n) is 7.12. The lowest BCUT2D eigenvalue weighted by Gasteiger charge is -2.23. The molecule has 2 N–H and O–H groups in total. The van der Waals surface area contributed by atoms with Crippen LogP contribution in [0.3, 0.4) is 0 Å². The van der Waals surface area contributed by atoms with Crippen LogP contribution >= 0.6 is 0 Å². The van der Waals surface area contributed by atoms with E-state index in [4.69, 9.17) is 5.73 Å². The highest BCUT2D eigenvalue weighted by Gasteiger charge is 2.17. The first-order chi connectivity index (χ1) is 8.25. The van der Waals surface area contributed by atoms with Crippen LogP contribution in [-0.2, 0) is 11.8 Å². The standard InChI is InChI=1S/C17H29N/c1-7-8-15(18)11-16-12(2)9-14(10-13(16)3)17(4,5)6/h9-10,15H,7-8,11,18H2,1-6H3/t15-/m1/s1. The molecule has 0 aliphatic carbocycles. The van der Waals surface area contributed by atoms with Crippen LogP contribution in [0.2, 0.25) is 0 Å². The van der Waals surface area contributed by atoms with Gasteiger partial charge in [0.25, 0.3) is 0 Å². The summed E-state index contributed by atoms with van der Waals surface area (Å²) in [5, 5.41) is 0. The van der Waals surface area contributed by atoms with Gasteiger partial charge in [0, 0.05) is 6.04 Å². The van der Waals surface area contributed by atoms with Crippen molar-refractivity contribution in [1.29, 1.82) is 0 Å². The Morgan fingerprint density at radius 1 is 1.11 bits per heavy atom. The van der Waals surface area contributed by atoms with Crippen LogP contribution in [0.4, 0.5) is 0 Å². The van der Waals surface area contributed by atoms with Crippen molar-refractivity contribution >= 4 is 0 Å². The Morgan fingerprint density at radius 2 is 1.61 bits per heavy atom. The van der Waals surface area contributed by atoms with Crippen molar-refractivity contribution in [3.8, 4) is 0 Å². The van der Waals surface area contributed by atoms with Crippen LogP contribution in [0.25, 0.3) is 0 Å². The number of hydrogen-bond acceptors (Lipinski definition) is 1. The Bertz CT molecular complexity index is 376. The Morgan fingerprint density at radius 3 is 2.00 bits per heavy atom. The number of aryl methyl sites for hydroxylation is 2. The molecule has 1 nitrogen and oxygen atoms in total.